The van der Waals surface area contributed by atoms with Crippen LogP contribution < -0.4 is 0 Å². The Labute approximate surface area is 98.7 Å². The average Bonchev–Trinajstić information content (AvgIpc) is 2.18. The predicted octanol–water partition coefficient (Wildman–Crippen LogP) is 4.05. The molecule has 0 saturated carbocycles. The molecule has 0 amide bonds. The topological polar surface area (TPSA) is 12.9 Å². The molecule has 0 N–H and O–H groups in total. The van der Waals surface area contributed by atoms with Crippen LogP contribution in [-0.4, -0.2) is 4.98 Å². The Bertz CT molecular complexity index is 517. The minimum atomic E-state index is 0.885. The molecule has 0 fully saturated rings. The molecule has 0 atom stereocenters. The van der Waals surface area contributed by atoms with Gasteiger partial charge in [0.05, 0.1) is 5.52 Å². The molecule has 2 heteroatoms. The first kappa shape index (κ1) is 10.6. The summed E-state index contributed by atoms with van der Waals surface area (Å²) < 4.78 is 0. The fourth-order valence-electron chi connectivity index (χ4n) is 2.00. The normalized spacial score (nSPS) is 10.9. The van der Waals surface area contributed by atoms with E-state index < -0.39 is 0 Å². The van der Waals surface area contributed by atoms with Crippen LogP contribution in [0.1, 0.15) is 22.4 Å². The van der Waals surface area contributed by atoms with E-state index in [4.69, 9.17) is 0 Å². The van der Waals surface area contributed by atoms with Crippen LogP contribution in [0.2, 0.25) is 0 Å². The van der Waals surface area contributed by atoms with Gasteiger partial charge in [0.25, 0.3) is 0 Å². The van der Waals surface area contributed by atoms with Crippen molar-refractivity contribution in [1.29, 1.82) is 0 Å². The quantitative estimate of drug-likeness (QED) is 0.708. The molecule has 0 spiro atoms. The molecule has 2 rings (SSSR count). The lowest BCUT2D eigenvalue weighted by Crippen LogP contribution is -1.92. The summed E-state index contributed by atoms with van der Waals surface area (Å²) in [6.45, 7) is 6.30. The molecule has 1 aromatic carbocycles. The van der Waals surface area contributed by atoms with Gasteiger partial charge in [-0.2, -0.15) is 0 Å². The number of rotatable bonds is 1. The van der Waals surface area contributed by atoms with Crippen LogP contribution in [0, 0.1) is 20.8 Å². The van der Waals surface area contributed by atoms with Gasteiger partial charge in [0, 0.05) is 16.4 Å². The first-order chi connectivity index (χ1) is 7.11. The summed E-state index contributed by atoms with van der Waals surface area (Å²) in [6.07, 6.45) is 0. The molecule has 0 aliphatic rings. The molecular weight excluding hydrogens is 250 g/mol. The maximum absolute atomic E-state index is 4.60. The highest BCUT2D eigenvalue weighted by molar-refractivity contribution is 9.08. The highest BCUT2D eigenvalue weighted by atomic mass is 79.9. The third-order valence-electron chi connectivity index (χ3n) is 2.61. The second-order valence-corrected chi connectivity index (χ2v) is 4.60. The van der Waals surface area contributed by atoms with E-state index in [1.807, 2.05) is 6.92 Å². The minimum Gasteiger partial charge on any atom is -0.253 e. The molecule has 1 nitrogen and oxygen atoms in total. The second-order valence-electron chi connectivity index (χ2n) is 4.03. The standard InChI is InChI=1S/C13H14BrN/c1-8-4-9(2)13-12(5-8)11(7-14)6-10(3)15-13/h4-6H,7H2,1-3H3. The van der Waals surface area contributed by atoms with Crippen molar-refractivity contribution in [1.82, 2.24) is 4.98 Å². The summed E-state index contributed by atoms with van der Waals surface area (Å²) >= 11 is 3.53. The Kier molecular flexibility index (Phi) is 2.79. The molecule has 15 heavy (non-hydrogen) atoms. The molecule has 0 aliphatic heterocycles. The molecule has 1 aromatic heterocycles. The van der Waals surface area contributed by atoms with Crippen LogP contribution in [0.4, 0.5) is 0 Å². The molecule has 0 radical (unpaired) electrons. The summed E-state index contributed by atoms with van der Waals surface area (Å²) in [5, 5.41) is 2.16. The van der Waals surface area contributed by atoms with Crippen LogP contribution >= 0.6 is 15.9 Å². The van der Waals surface area contributed by atoms with E-state index in [2.05, 4.69) is 53.0 Å². The first-order valence-electron chi connectivity index (χ1n) is 5.05. The summed E-state index contributed by atoms with van der Waals surface area (Å²) in [5.74, 6) is 0. The number of nitrogens with zero attached hydrogens (tertiary/aromatic N) is 1. The fourth-order valence-corrected chi connectivity index (χ4v) is 2.47. The smallest absolute Gasteiger partial charge is 0.0737 e. The van der Waals surface area contributed by atoms with Crippen LogP contribution in [0.25, 0.3) is 10.9 Å². The molecule has 0 unspecified atom stereocenters. The molecule has 78 valence electrons. The van der Waals surface area contributed by atoms with Crippen molar-refractivity contribution >= 4 is 26.8 Å². The van der Waals surface area contributed by atoms with Crippen molar-refractivity contribution in [2.24, 2.45) is 0 Å². The fraction of sp³-hybridized carbons (Fsp3) is 0.308. The molecule has 1 heterocycles. The Morgan fingerprint density at radius 1 is 1.13 bits per heavy atom. The van der Waals surface area contributed by atoms with Crippen molar-refractivity contribution in [3.05, 3.63) is 40.6 Å². The van der Waals surface area contributed by atoms with Gasteiger partial charge in [0.15, 0.2) is 0 Å². The third kappa shape index (κ3) is 1.91. The van der Waals surface area contributed by atoms with E-state index in [1.165, 1.54) is 22.1 Å². The lowest BCUT2D eigenvalue weighted by Gasteiger charge is -2.08. The zero-order chi connectivity index (χ0) is 11.0. The summed E-state index contributed by atoms with van der Waals surface area (Å²) in [5.41, 5.74) is 6.10. The van der Waals surface area contributed by atoms with E-state index in [9.17, 15) is 0 Å². The van der Waals surface area contributed by atoms with Crippen LogP contribution in [-0.2, 0) is 5.33 Å². The number of aryl methyl sites for hydroxylation is 3. The highest BCUT2D eigenvalue weighted by Crippen LogP contribution is 2.24. The number of halogens is 1. The Morgan fingerprint density at radius 3 is 2.53 bits per heavy atom. The molecule has 2 aromatic rings. The molecular formula is C13H14BrN. The van der Waals surface area contributed by atoms with Gasteiger partial charge in [0.1, 0.15) is 0 Å². The van der Waals surface area contributed by atoms with E-state index >= 15 is 0 Å². The Morgan fingerprint density at radius 2 is 1.87 bits per heavy atom. The van der Waals surface area contributed by atoms with Gasteiger partial charge in [0.2, 0.25) is 0 Å². The van der Waals surface area contributed by atoms with E-state index in [0.29, 0.717) is 0 Å². The largest absolute Gasteiger partial charge is 0.253 e. The molecule has 0 aliphatic carbocycles. The summed E-state index contributed by atoms with van der Waals surface area (Å²) in [6, 6.07) is 6.55. The maximum atomic E-state index is 4.60. The van der Waals surface area contributed by atoms with Gasteiger partial charge in [-0.3, -0.25) is 4.98 Å². The van der Waals surface area contributed by atoms with Gasteiger partial charge < -0.3 is 0 Å². The highest BCUT2D eigenvalue weighted by Gasteiger charge is 2.05. The van der Waals surface area contributed by atoms with Gasteiger partial charge in [-0.25, -0.2) is 0 Å². The van der Waals surface area contributed by atoms with Gasteiger partial charge in [-0.1, -0.05) is 27.6 Å². The number of benzene rings is 1. The molecule has 0 saturated heterocycles. The van der Waals surface area contributed by atoms with Crippen molar-refractivity contribution in [3.63, 3.8) is 0 Å². The number of alkyl halides is 1. The predicted molar refractivity (Wildman–Crippen MR) is 68.6 cm³/mol. The zero-order valence-corrected chi connectivity index (χ0v) is 10.9. The second kappa shape index (κ2) is 3.93. The van der Waals surface area contributed by atoms with Gasteiger partial charge in [-0.15, -0.1) is 0 Å². The number of hydrogen-bond acceptors (Lipinski definition) is 1. The van der Waals surface area contributed by atoms with Gasteiger partial charge >= 0.3 is 0 Å². The summed E-state index contributed by atoms with van der Waals surface area (Å²) in [4.78, 5) is 4.60. The summed E-state index contributed by atoms with van der Waals surface area (Å²) in [7, 11) is 0. The minimum absolute atomic E-state index is 0.885. The zero-order valence-electron chi connectivity index (χ0n) is 9.26. The number of aromatic nitrogens is 1. The van der Waals surface area contributed by atoms with Crippen molar-refractivity contribution in [2.75, 3.05) is 0 Å². The van der Waals surface area contributed by atoms with Crippen molar-refractivity contribution in [2.45, 2.75) is 26.1 Å². The SMILES string of the molecule is Cc1cc(C)c2nc(C)cc(CBr)c2c1. The molecule has 0 bridgehead atoms. The first-order valence-corrected chi connectivity index (χ1v) is 6.17. The lowest BCUT2D eigenvalue weighted by atomic mass is 10.0. The average molecular weight is 264 g/mol. The number of hydrogen-bond donors (Lipinski definition) is 0. The van der Waals surface area contributed by atoms with Gasteiger partial charge in [-0.05, 0) is 44.0 Å². The van der Waals surface area contributed by atoms with Crippen LogP contribution in [0.3, 0.4) is 0 Å². The van der Waals surface area contributed by atoms with Crippen LogP contribution in [0.15, 0.2) is 18.2 Å². The monoisotopic (exact) mass is 263 g/mol. The third-order valence-corrected chi connectivity index (χ3v) is 3.21. The maximum Gasteiger partial charge on any atom is 0.0737 e. The van der Waals surface area contributed by atoms with E-state index in [0.717, 1.165) is 16.5 Å². The lowest BCUT2D eigenvalue weighted by molar-refractivity contribution is 1.21. The van der Waals surface area contributed by atoms with Crippen molar-refractivity contribution < 1.29 is 0 Å². The Balaban J connectivity index is 2.89. The Hall–Kier alpha value is -0.890. The van der Waals surface area contributed by atoms with Crippen molar-refractivity contribution in [3.8, 4) is 0 Å². The number of fused-ring (bicyclic) bond motifs is 1. The van der Waals surface area contributed by atoms with E-state index in [1.54, 1.807) is 0 Å². The van der Waals surface area contributed by atoms with E-state index in [-0.39, 0.29) is 0 Å². The van der Waals surface area contributed by atoms with Crippen LogP contribution in [0.5, 0.6) is 0 Å². The number of pyridine rings is 1.